The van der Waals surface area contributed by atoms with Crippen LogP contribution in [0.4, 0.5) is 0 Å². The van der Waals surface area contributed by atoms with Crippen molar-refractivity contribution in [2.75, 3.05) is 7.11 Å². The molecule has 0 amide bonds. The van der Waals surface area contributed by atoms with E-state index in [1.165, 1.54) is 0 Å². The van der Waals surface area contributed by atoms with Gasteiger partial charge in [0.25, 0.3) is 0 Å². The molecule has 1 unspecified atom stereocenters. The van der Waals surface area contributed by atoms with Crippen molar-refractivity contribution in [1.82, 2.24) is 9.78 Å². The Kier molecular flexibility index (Phi) is 4.35. The van der Waals surface area contributed by atoms with Gasteiger partial charge in [-0.05, 0) is 26.0 Å². The van der Waals surface area contributed by atoms with Crippen molar-refractivity contribution in [3.05, 3.63) is 45.7 Å². The average Bonchev–Trinajstić information content (AvgIpc) is 2.65. The van der Waals surface area contributed by atoms with Crippen LogP contribution in [0.1, 0.15) is 28.5 Å². The van der Waals surface area contributed by atoms with Gasteiger partial charge in [-0.3, -0.25) is 4.68 Å². The summed E-state index contributed by atoms with van der Waals surface area (Å²) in [6.45, 7) is 3.87. The number of nitrogens with zero attached hydrogens (tertiary/aromatic N) is 2. The molecule has 20 heavy (non-hydrogen) atoms. The van der Waals surface area contributed by atoms with Crippen LogP contribution in [0.25, 0.3) is 0 Å². The summed E-state index contributed by atoms with van der Waals surface area (Å²) in [6, 6.07) is 5.76. The smallest absolute Gasteiger partial charge is 0.130 e. The van der Waals surface area contributed by atoms with Gasteiger partial charge in [0.2, 0.25) is 0 Å². The molecule has 0 saturated heterocycles. The second kappa shape index (κ2) is 5.85. The van der Waals surface area contributed by atoms with E-state index in [-0.39, 0.29) is 0 Å². The van der Waals surface area contributed by atoms with E-state index in [2.05, 4.69) is 5.10 Å². The van der Waals surface area contributed by atoms with Gasteiger partial charge in [-0.1, -0.05) is 23.2 Å². The second-order valence-corrected chi connectivity index (χ2v) is 5.30. The van der Waals surface area contributed by atoms with E-state index in [1.54, 1.807) is 18.8 Å². The molecule has 0 bridgehead atoms. The number of aromatic nitrogens is 2. The first kappa shape index (κ1) is 14.9. The van der Waals surface area contributed by atoms with Crippen molar-refractivity contribution in [2.24, 2.45) is 7.05 Å². The van der Waals surface area contributed by atoms with Crippen molar-refractivity contribution in [3.63, 3.8) is 0 Å². The van der Waals surface area contributed by atoms with E-state index in [0.717, 1.165) is 22.4 Å². The first-order chi connectivity index (χ1) is 9.43. The molecule has 0 aliphatic heterocycles. The van der Waals surface area contributed by atoms with Crippen LogP contribution in [0, 0.1) is 13.8 Å². The third-order valence-electron chi connectivity index (χ3n) is 3.41. The number of hydrogen-bond donors (Lipinski definition) is 1. The van der Waals surface area contributed by atoms with E-state index in [1.807, 2.05) is 32.0 Å². The van der Waals surface area contributed by atoms with E-state index in [0.29, 0.717) is 17.3 Å². The first-order valence-electron chi connectivity index (χ1n) is 6.44. The molecule has 0 aliphatic carbocycles. The molecule has 0 fully saturated rings. The number of methoxy groups -OCH3 is 1. The van der Waals surface area contributed by atoms with Crippen molar-refractivity contribution >= 4 is 11.6 Å². The summed E-state index contributed by atoms with van der Waals surface area (Å²) >= 11 is 6.21. The van der Waals surface area contributed by atoms with Crippen molar-refractivity contribution in [2.45, 2.75) is 26.4 Å². The second-order valence-electron chi connectivity index (χ2n) is 4.94. The molecule has 5 heteroatoms. The van der Waals surface area contributed by atoms with Crippen LogP contribution in [0.5, 0.6) is 5.75 Å². The average molecular weight is 295 g/mol. The van der Waals surface area contributed by atoms with Gasteiger partial charge in [0.05, 0.1) is 18.9 Å². The highest BCUT2D eigenvalue weighted by Gasteiger charge is 2.19. The van der Waals surface area contributed by atoms with Gasteiger partial charge >= 0.3 is 0 Å². The predicted octanol–water partition coefficient (Wildman–Crippen LogP) is 2.98. The summed E-state index contributed by atoms with van der Waals surface area (Å²) in [7, 11) is 3.39. The van der Waals surface area contributed by atoms with E-state index >= 15 is 0 Å². The predicted molar refractivity (Wildman–Crippen MR) is 79.3 cm³/mol. The maximum absolute atomic E-state index is 10.5. The molecular formula is C15H19ClN2O2. The zero-order valence-corrected chi connectivity index (χ0v) is 12.9. The van der Waals surface area contributed by atoms with Gasteiger partial charge < -0.3 is 9.84 Å². The molecule has 0 radical (unpaired) electrons. The minimum Gasteiger partial charge on any atom is -0.496 e. The number of hydrogen-bond acceptors (Lipinski definition) is 3. The Labute approximate surface area is 123 Å². The Morgan fingerprint density at radius 2 is 2.10 bits per heavy atom. The highest BCUT2D eigenvalue weighted by molar-refractivity contribution is 6.30. The maximum Gasteiger partial charge on any atom is 0.130 e. The third-order valence-corrected chi connectivity index (χ3v) is 3.88. The summed E-state index contributed by atoms with van der Waals surface area (Å²) in [6.07, 6.45) is -0.261. The van der Waals surface area contributed by atoms with E-state index in [4.69, 9.17) is 16.3 Å². The molecule has 1 atom stereocenters. The molecule has 0 saturated carbocycles. The van der Waals surface area contributed by atoms with Crippen LogP contribution < -0.4 is 4.74 Å². The topological polar surface area (TPSA) is 47.3 Å². The number of aryl methyl sites for hydroxylation is 3. The molecule has 108 valence electrons. The Morgan fingerprint density at radius 1 is 1.40 bits per heavy atom. The number of aliphatic hydroxyl groups is 1. The Bertz CT molecular complexity index is 623. The Balaban J connectivity index is 2.32. The zero-order valence-electron chi connectivity index (χ0n) is 12.1. The largest absolute Gasteiger partial charge is 0.496 e. The van der Waals surface area contributed by atoms with E-state index in [9.17, 15) is 5.11 Å². The molecule has 1 heterocycles. The quantitative estimate of drug-likeness (QED) is 0.943. The lowest BCUT2D eigenvalue weighted by Gasteiger charge is -2.15. The minimum atomic E-state index is -0.676. The first-order valence-corrected chi connectivity index (χ1v) is 6.82. The molecule has 1 aromatic heterocycles. The number of ether oxygens (including phenoxy) is 1. The lowest BCUT2D eigenvalue weighted by molar-refractivity contribution is 0.173. The summed E-state index contributed by atoms with van der Waals surface area (Å²) in [4.78, 5) is 0. The number of rotatable bonds is 4. The number of halogens is 1. The fourth-order valence-electron chi connectivity index (χ4n) is 2.32. The zero-order chi connectivity index (χ0) is 14.9. The molecule has 1 N–H and O–H groups in total. The van der Waals surface area contributed by atoms with Crippen LogP contribution in [-0.4, -0.2) is 22.0 Å². The van der Waals surface area contributed by atoms with Crippen LogP contribution in [-0.2, 0) is 13.5 Å². The van der Waals surface area contributed by atoms with Gasteiger partial charge in [-0.25, -0.2) is 0 Å². The molecule has 2 aromatic rings. The van der Waals surface area contributed by atoms with E-state index < -0.39 is 6.10 Å². The van der Waals surface area contributed by atoms with Gasteiger partial charge in [0.15, 0.2) is 0 Å². The number of aliphatic hydroxyl groups excluding tert-OH is 1. The molecule has 1 aromatic carbocycles. The van der Waals surface area contributed by atoms with Gasteiger partial charge in [-0.2, -0.15) is 5.10 Å². The summed E-state index contributed by atoms with van der Waals surface area (Å²) in [5, 5.41) is 15.3. The monoisotopic (exact) mass is 294 g/mol. The molecule has 2 rings (SSSR count). The third kappa shape index (κ3) is 2.81. The van der Waals surface area contributed by atoms with Gasteiger partial charge in [0.1, 0.15) is 10.9 Å². The van der Waals surface area contributed by atoms with Crippen LogP contribution in [0.15, 0.2) is 18.2 Å². The molecule has 0 aliphatic rings. The highest BCUT2D eigenvalue weighted by atomic mass is 35.5. The Morgan fingerprint density at radius 3 is 2.65 bits per heavy atom. The van der Waals surface area contributed by atoms with Crippen LogP contribution in [0.2, 0.25) is 5.15 Å². The van der Waals surface area contributed by atoms with Crippen molar-refractivity contribution in [3.8, 4) is 5.75 Å². The fourth-order valence-corrected chi connectivity index (χ4v) is 2.57. The van der Waals surface area contributed by atoms with Gasteiger partial charge in [-0.15, -0.1) is 0 Å². The standard InChI is InChI=1S/C15H19ClN2O2/c1-9-5-6-14(20-4)12(7-9)13(19)8-11-10(2)17-18(3)15(11)16/h5-7,13,19H,8H2,1-4H3. The summed E-state index contributed by atoms with van der Waals surface area (Å²) in [5.41, 5.74) is 3.55. The normalized spacial score (nSPS) is 12.5. The summed E-state index contributed by atoms with van der Waals surface area (Å²) in [5.74, 6) is 0.681. The Hall–Kier alpha value is -1.52. The van der Waals surface area contributed by atoms with Gasteiger partial charge in [0, 0.05) is 24.6 Å². The maximum atomic E-state index is 10.5. The molecular weight excluding hydrogens is 276 g/mol. The van der Waals surface area contributed by atoms with Crippen molar-refractivity contribution < 1.29 is 9.84 Å². The minimum absolute atomic E-state index is 0.415. The highest BCUT2D eigenvalue weighted by Crippen LogP contribution is 2.31. The van der Waals surface area contributed by atoms with Crippen LogP contribution >= 0.6 is 11.6 Å². The lowest BCUT2D eigenvalue weighted by Crippen LogP contribution is -2.05. The summed E-state index contributed by atoms with van der Waals surface area (Å²) < 4.78 is 6.93. The SMILES string of the molecule is COc1ccc(C)cc1C(O)Cc1c(C)nn(C)c1Cl. The van der Waals surface area contributed by atoms with Crippen molar-refractivity contribution in [1.29, 1.82) is 0 Å². The fraction of sp³-hybridized carbons (Fsp3) is 0.400. The number of benzene rings is 1. The lowest BCUT2D eigenvalue weighted by atomic mass is 9.99. The molecule has 0 spiro atoms. The van der Waals surface area contributed by atoms with Crippen LogP contribution in [0.3, 0.4) is 0 Å². The molecule has 4 nitrogen and oxygen atoms in total.